The van der Waals surface area contributed by atoms with E-state index in [1.807, 2.05) is 0 Å². The Morgan fingerprint density at radius 2 is 2.17 bits per heavy atom. The van der Waals surface area contributed by atoms with Crippen molar-refractivity contribution in [3.63, 3.8) is 0 Å². The van der Waals surface area contributed by atoms with Gasteiger partial charge in [-0.05, 0) is 30.4 Å². The van der Waals surface area contributed by atoms with Crippen LogP contribution in [-0.4, -0.2) is 41.0 Å². The third-order valence-corrected chi connectivity index (χ3v) is 4.37. The van der Waals surface area contributed by atoms with Crippen molar-refractivity contribution in [2.45, 2.75) is 38.0 Å². The average molecular weight is 342 g/mol. The van der Waals surface area contributed by atoms with E-state index in [-0.39, 0.29) is 30.1 Å². The van der Waals surface area contributed by atoms with Gasteiger partial charge >= 0.3 is 0 Å². The molecule has 23 heavy (non-hydrogen) atoms. The largest absolute Gasteiger partial charge is 0.364 e. The summed E-state index contributed by atoms with van der Waals surface area (Å²) in [6.07, 6.45) is 1.76. The molecule has 2 aliphatic heterocycles. The lowest BCUT2D eigenvalue weighted by Crippen LogP contribution is -2.42. The molecule has 7 nitrogen and oxygen atoms in total. The van der Waals surface area contributed by atoms with Crippen molar-refractivity contribution in [1.82, 2.24) is 4.90 Å². The zero-order valence-electron chi connectivity index (χ0n) is 12.6. The predicted octanol–water partition coefficient (Wildman–Crippen LogP) is 1.41. The summed E-state index contributed by atoms with van der Waals surface area (Å²) in [6, 6.07) is 4.86. The van der Waals surface area contributed by atoms with E-state index in [9.17, 15) is 14.9 Å². The number of nitro groups is 1. The minimum atomic E-state index is -0.422. The second kappa shape index (κ2) is 7.25. The topological polar surface area (TPSA) is 98.7 Å². The van der Waals surface area contributed by atoms with Crippen LogP contribution in [0.1, 0.15) is 24.0 Å². The third-order valence-electron chi connectivity index (χ3n) is 4.37. The summed E-state index contributed by atoms with van der Waals surface area (Å²) in [6.45, 7) is 1.46. The van der Waals surface area contributed by atoms with Gasteiger partial charge in [0, 0.05) is 31.8 Å². The highest BCUT2D eigenvalue weighted by Gasteiger charge is 2.34. The lowest BCUT2D eigenvalue weighted by molar-refractivity contribution is -0.385. The second-order valence-corrected chi connectivity index (χ2v) is 5.78. The molecule has 1 amide bonds. The van der Waals surface area contributed by atoms with Gasteiger partial charge in [0.25, 0.3) is 11.6 Å². The van der Waals surface area contributed by atoms with Gasteiger partial charge < -0.3 is 15.4 Å². The molecule has 0 saturated carbocycles. The predicted molar refractivity (Wildman–Crippen MR) is 86.4 cm³/mol. The van der Waals surface area contributed by atoms with Crippen LogP contribution in [0.25, 0.3) is 0 Å². The third kappa shape index (κ3) is 3.63. The van der Waals surface area contributed by atoms with E-state index >= 15 is 0 Å². The van der Waals surface area contributed by atoms with Crippen LogP contribution in [0.3, 0.4) is 0 Å². The highest BCUT2D eigenvalue weighted by molar-refractivity contribution is 5.85. The highest BCUT2D eigenvalue weighted by atomic mass is 35.5. The van der Waals surface area contributed by atoms with Crippen molar-refractivity contribution in [2.75, 3.05) is 13.1 Å². The van der Waals surface area contributed by atoms with Gasteiger partial charge in [0.05, 0.1) is 11.0 Å². The Kier molecular flexibility index (Phi) is 5.56. The van der Waals surface area contributed by atoms with Crippen LogP contribution in [0.4, 0.5) is 5.69 Å². The molecule has 8 heteroatoms. The van der Waals surface area contributed by atoms with Crippen molar-refractivity contribution >= 4 is 24.0 Å². The first-order valence-electron chi connectivity index (χ1n) is 7.49. The van der Waals surface area contributed by atoms with Gasteiger partial charge in [0.15, 0.2) is 0 Å². The quantitative estimate of drug-likeness (QED) is 0.662. The number of amides is 1. The summed E-state index contributed by atoms with van der Waals surface area (Å²) < 4.78 is 5.65. The number of halogens is 1. The van der Waals surface area contributed by atoms with Gasteiger partial charge in [-0.1, -0.05) is 6.07 Å². The summed E-state index contributed by atoms with van der Waals surface area (Å²) in [5, 5.41) is 10.9. The molecule has 2 atom stereocenters. The number of carbonyl (C=O) groups excluding carboxylic acids is 1. The van der Waals surface area contributed by atoms with E-state index in [4.69, 9.17) is 10.5 Å². The fraction of sp³-hybridized carbons (Fsp3) is 0.533. The van der Waals surface area contributed by atoms with E-state index in [2.05, 4.69) is 0 Å². The first-order chi connectivity index (χ1) is 10.6. The number of hydrogen-bond acceptors (Lipinski definition) is 5. The van der Waals surface area contributed by atoms with Crippen molar-refractivity contribution in [3.8, 4) is 0 Å². The monoisotopic (exact) mass is 341 g/mol. The number of fused-ring (bicyclic) bond motifs is 1. The number of rotatable bonds is 3. The fourth-order valence-corrected chi connectivity index (χ4v) is 3.11. The molecule has 126 valence electrons. The maximum absolute atomic E-state index is 12.5. The van der Waals surface area contributed by atoms with Gasteiger partial charge in [-0.3, -0.25) is 14.9 Å². The number of nitro benzene ring substituents is 1. The minimum absolute atomic E-state index is 0. The molecule has 1 aromatic rings. The zero-order valence-corrected chi connectivity index (χ0v) is 13.5. The number of hydrogen-bond donors (Lipinski definition) is 1. The molecule has 3 rings (SSSR count). The number of ether oxygens (including phenoxy) is 1. The lowest BCUT2D eigenvalue weighted by Gasteiger charge is -2.30. The molecule has 1 saturated heterocycles. The molecule has 0 unspecified atom stereocenters. The smallest absolute Gasteiger partial charge is 0.269 e. The standard InChI is InChI=1S/C15H19N3O4.ClH/c16-8-13-3-4-14(22-13)15(19)17-6-5-10-1-2-12(18(20)21)7-11(10)9-17;/h1-2,7,13-14H,3-6,8-9,16H2;1H/t13-,14+;/m1./s1. The maximum atomic E-state index is 12.5. The van der Waals surface area contributed by atoms with Crippen LogP contribution >= 0.6 is 12.4 Å². The molecule has 1 aromatic carbocycles. The van der Waals surface area contributed by atoms with Crippen LogP contribution in [0.2, 0.25) is 0 Å². The van der Waals surface area contributed by atoms with Crippen LogP contribution < -0.4 is 5.73 Å². The van der Waals surface area contributed by atoms with Crippen molar-refractivity contribution in [3.05, 3.63) is 39.4 Å². The average Bonchev–Trinajstić information content (AvgIpc) is 3.02. The van der Waals surface area contributed by atoms with Crippen LogP contribution in [-0.2, 0) is 22.5 Å². The van der Waals surface area contributed by atoms with E-state index in [0.717, 1.165) is 17.5 Å². The Hall–Kier alpha value is -1.70. The molecule has 0 bridgehead atoms. The first-order valence-corrected chi connectivity index (χ1v) is 7.49. The SMILES string of the molecule is Cl.NC[C@H]1CC[C@@H](C(=O)N2CCc3ccc([N+](=O)[O-])cc3C2)O1. The molecule has 2 aliphatic rings. The summed E-state index contributed by atoms with van der Waals surface area (Å²) in [5.74, 6) is -0.0342. The van der Waals surface area contributed by atoms with Gasteiger partial charge in [-0.15, -0.1) is 12.4 Å². The number of nitrogens with two attached hydrogens (primary N) is 1. The van der Waals surface area contributed by atoms with Crippen LogP contribution in [0.15, 0.2) is 18.2 Å². The first kappa shape index (κ1) is 17.7. The Labute approximate surface area is 140 Å². The molecule has 2 N–H and O–H groups in total. The van der Waals surface area contributed by atoms with Crippen LogP contribution in [0, 0.1) is 10.1 Å². The molecule has 1 fully saturated rings. The fourth-order valence-electron chi connectivity index (χ4n) is 3.11. The summed E-state index contributed by atoms with van der Waals surface area (Å²) >= 11 is 0. The van der Waals surface area contributed by atoms with Crippen molar-refractivity contribution in [2.24, 2.45) is 5.73 Å². The van der Waals surface area contributed by atoms with E-state index in [1.54, 1.807) is 17.0 Å². The molecule has 0 spiro atoms. The van der Waals surface area contributed by atoms with Gasteiger partial charge in [0.2, 0.25) is 0 Å². The molecule has 0 aliphatic carbocycles. The van der Waals surface area contributed by atoms with E-state index < -0.39 is 11.0 Å². The maximum Gasteiger partial charge on any atom is 0.269 e. The molecular formula is C15H20ClN3O4. The molecule has 2 heterocycles. The highest BCUT2D eigenvalue weighted by Crippen LogP contribution is 2.26. The van der Waals surface area contributed by atoms with E-state index in [1.165, 1.54) is 6.07 Å². The zero-order chi connectivity index (χ0) is 15.7. The van der Waals surface area contributed by atoms with Gasteiger partial charge in [-0.2, -0.15) is 0 Å². The summed E-state index contributed by atoms with van der Waals surface area (Å²) in [7, 11) is 0. The molecule has 0 radical (unpaired) electrons. The molecular weight excluding hydrogens is 322 g/mol. The van der Waals surface area contributed by atoms with E-state index in [0.29, 0.717) is 32.5 Å². The van der Waals surface area contributed by atoms with Gasteiger partial charge in [-0.25, -0.2) is 0 Å². The van der Waals surface area contributed by atoms with Crippen LogP contribution in [0.5, 0.6) is 0 Å². The lowest BCUT2D eigenvalue weighted by atomic mass is 9.98. The van der Waals surface area contributed by atoms with Crippen molar-refractivity contribution < 1.29 is 14.5 Å². The summed E-state index contributed by atoms with van der Waals surface area (Å²) in [5.41, 5.74) is 7.55. The number of benzene rings is 1. The Bertz CT molecular complexity index is 610. The Morgan fingerprint density at radius 3 is 2.83 bits per heavy atom. The number of nitrogens with zero attached hydrogens (tertiary/aromatic N) is 2. The van der Waals surface area contributed by atoms with Gasteiger partial charge in [0.1, 0.15) is 6.10 Å². The number of carbonyl (C=O) groups is 1. The van der Waals surface area contributed by atoms with Crippen molar-refractivity contribution in [1.29, 1.82) is 0 Å². The molecule has 0 aromatic heterocycles. The normalized spacial score (nSPS) is 23.1. The Morgan fingerprint density at radius 1 is 1.39 bits per heavy atom. The summed E-state index contributed by atoms with van der Waals surface area (Å²) in [4.78, 5) is 24.7. The minimum Gasteiger partial charge on any atom is -0.364 e. The Balaban J connectivity index is 0.00000192. The number of non-ortho nitro benzene ring substituents is 1. The second-order valence-electron chi connectivity index (χ2n) is 5.78.